The number of allylic oxidation sites excluding steroid dienone is 1. The number of nitrogen functional groups attached to an aromatic ring is 1. The van der Waals surface area contributed by atoms with Crippen LogP contribution in [0.1, 0.15) is 19.8 Å². The molecule has 2 aromatic heterocycles. The summed E-state index contributed by atoms with van der Waals surface area (Å²) in [6.07, 6.45) is -1.72. The predicted octanol–water partition coefficient (Wildman–Crippen LogP) is -0.236. The number of hydrogen-bond acceptors (Lipinski definition) is 11. The van der Waals surface area contributed by atoms with E-state index in [9.17, 15) is 24.2 Å². The molecule has 0 bridgehead atoms. The third-order valence-corrected chi connectivity index (χ3v) is 6.96. The zero-order valence-electron chi connectivity index (χ0n) is 16.8. The van der Waals surface area contributed by atoms with E-state index in [0.29, 0.717) is 6.42 Å². The molecule has 5 atom stereocenters. The van der Waals surface area contributed by atoms with E-state index in [1.54, 1.807) is 6.92 Å². The highest BCUT2D eigenvalue weighted by Crippen LogP contribution is 2.58. The van der Waals surface area contributed by atoms with Gasteiger partial charge in [0.25, 0.3) is 0 Å². The van der Waals surface area contributed by atoms with Gasteiger partial charge in [-0.2, -0.15) is 4.31 Å². The minimum atomic E-state index is -5.33. The number of aliphatic hydroxyl groups is 2. The fraction of sp³-hybridized carbons (Fsp3) is 0.533. The monoisotopic (exact) mass is 495 g/mol. The molecule has 178 valence electrons. The van der Waals surface area contributed by atoms with Crippen LogP contribution in [-0.4, -0.2) is 69.3 Å². The Bertz CT molecular complexity index is 1110. The highest BCUT2D eigenvalue weighted by atomic mass is 31.3. The molecule has 1 aliphatic heterocycles. The van der Waals surface area contributed by atoms with Crippen molar-refractivity contribution in [2.24, 2.45) is 0 Å². The second kappa shape index (κ2) is 8.88. The first-order chi connectivity index (χ1) is 14.8. The zero-order valence-corrected chi connectivity index (χ0v) is 18.5. The van der Waals surface area contributed by atoms with Crippen LogP contribution < -0.4 is 5.73 Å². The molecule has 0 aromatic carbocycles. The van der Waals surface area contributed by atoms with Gasteiger partial charge in [0.05, 0.1) is 12.9 Å². The number of nitrogens with zero attached hydrogens (tertiary/aromatic N) is 4. The molecule has 1 aliphatic rings. The van der Waals surface area contributed by atoms with Crippen molar-refractivity contribution < 1.29 is 47.6 Å². The number of phosphoric ester groups is 1. The maximum atomic E-state index is 11.8. The van der Waals surface area contributed by atoms with Crippen LogP contribution in [0.5, 0.6) is 0 Å². The highest BCUT2D eigenvalue weighted by molar-refractivity contribution is 7.60. The van der Waals surface area contributed by atoms with Gasteiger partial charge in [-0.25, -0.2) is 24.1 Å². The Hall–Kier alpha value is -1.77. The van der Waals surface area contributed by atoms with Gasteiger partial charge in [0, 0.05) is 6.42 Å². The van der Waals surface area contributed by atoms with E-state index in [4.69, 9.17) is 20.3 Å². The number of rotatable bonds is 9. The molecular weight excluding hydrogens is 472 g/mol. The standard InChI is InChI=1S/C15H23N5O10P2/c1-8(2)3-4-15(20-7-19-10-13(16)17-6-18-14(10)20)12(22)11(21)9(29-15)5-28-32(26,27)30-31(23,24)25/h6-7,9,11-12,21-22H,1,3-5H2,2H3,(H,26,27)(H2,16,17,18)(H2,23,24,25)/t9-,11-,12-,15-/m1/s1. The molecule has 7 N–H and O–H groups in total. The third kappa shape index (κ3) is 5.07. The maximum absolute atomic E-state index is 11.8. The van der Waals surface area contributed by atoms with E-state index in [1.165, 1.54) is 17.2 Å². The summed E-state index contributed by atoms with van der Waals surface area (Å²) in [7, 11) is -10.5. The molecular formula is C15H23N5O10P2. The lowest BCUT2D eigenvalue weighted by molar-refractivity contribution is -0.149. The summed E-state index contributed by atoms with van der Waals surface area (Å²) < 4.78 is 38.1. The van der Waals surface area contributed by atoms with Gasteiger partial charge in [0.2, 0.25) is 0 Å². The lowest BCUT2D eigenvalue weighted by atomic mass is 9.95. The number of phosphoric acid groups is 2. The first-order valence-electron chi connectivity index (χ1n) is 9.12. The first kappa shape index (κ1) is 24.9. The molecule has 15 nitrogen and oxygen atoms in total. The third-order valence-electron chi connectivity index (χ3n) is 4.81. The van der Waals surface area contributed by atoms with Crippen LogP contribution in [-0.2, 0) is 28.4 Å². The Morgan fingerprint density at radius 1 is 1.31 bits per heavy atom. The molecule has 32 heavy (non-hydrogen) atoms. The van der Waals surface area contributed by atoms with Crippen molar-refractivity contribution in [3.05, 3.63) is 24.8 Å². The molecule has 0 amide bonds. The summed E-state index contributed by atoms with van der Waals surface area (Å²) in [6, 6.07) is 0. The van der Waals surface area contributed by atoms with Crippen LogP contribution in [0.2, 0.25) is 0 Å². The Labute approximate surface area is 181 Å². The second-order valence-corrected chi connectivity index (χ2v) is 10.1. The summed E-state index contributed by atoms with van der Waals surface area (Å²) >= 11 is 0. The van der Waals surface area contributed by atoms with Gasteiger partial charge < -0.3 is 35.4 Å². The summed E-state index contributed by atoms with van der Waals surface area (Å²) in [6.45, 7) is 4.72. The van der Waals surface area contributed by atoms with Gasteiger partial charge in [0.15, 0.2) is 17.2 Å². The molecule has 3 heterocycles. The lowest BCUT2D eigenvalue weighted by Crippen LogP contribution is -2.45. The number of hydrogen-bond donors (Lipinski definition) is 6. The van der Waals surface area contributed by atoms with Gasteiger partial charge in [-0.15, -0.1) is 6.58 Å². The molecule has 2 aromatic rings. The molecule has 0 radical (unpaired) electrons. The number of anilines is 1. The minimum Gasteiger partial charge on any atom is -0.387 e. The van der Waals surface area contributed by atoms with E-state index in [2.05, 4.69) is 30.4 Å². The Kier molecular flexibility index (Phi) is 6.90. The number of fused-ring (bicyclic) bond motifs is 1. The summed E-state index contributed by atoms with van der Waals surface area (Å²) in [5, 5.41) is 21.5. The van der Waals surface area contributed by atoms with E-state index in [-0.39, 0.29) is 23.4 Å². The molecule has 0 spiro atoms. The zero-order chi connectivity index (χ0) is 23.9. The van der Waals surface area contributed by atoms with E-state index < -0.39 is 46.3 Å². The molecule has 1 unspecified atom stereocenters. The predicted molar refractivity (Wildman–Crippen MR) is 108 cm³/mol. The number of aromatic nitrogens is 4. The van der Waals surface area contributed by atoms with Crippen molar-refractivity contribution in [2.75, 3.05) is 12.3 Å². The summed E-state index contributed by atoms with van der Waals surface area (Å²) in [5.41, 5.74) is 5.32. The number of ether oxygens (including phenoxy) is 1. The SMILES string of the molecule is C=C(C)CC[C@@]1(n2cnc3c(N)ncnc32)O[C@H](COP(=O)(O)OP(=O)(O)O)[C@@H](O)[C@H]1O. The number of imidazole rings is 1. The van der Waals surface area contributed by atoms with Crippen LogP contribution >= 0.6 is 15.6 Å². The minimum absolute atomic E-state index is 0.0764. The van der Waals surface area contributed by atoms with Gasteiger partial charge >= 0.3 is 15.6 Å². The lowest BCUT2D eigenvalue weighted by Gasteiger charge is -2.34. The summed E-state index contributed by atoms with van der Waals surface area (Å²) in [4.78, 5) is 39.0. The van der Waals surface area contributed by atoms with Gasteiger partial charge in [-0.05, 0) is 13.3 Å². The van der Waals surface area contributed by atoms with Crippen molar-refractivity contribution >= 4 is 32.6 Å². The van der Waals surface area contributed by atoms with Crippen molar-refractivity contribution in [3.8, 4) is 0 Å². The van der Waals surface area contributed by atoms with Crippen LogP contribution in [0.25, 0.3) is 11.2 Å². The summed E-state index contributed by atoms with van der Waals surface area (Å²) in [5.74, 6) is 0.0764. The number of nitrogens with two attached hydrogens (primary N) is 1. The van der Waals surface area contributed by atoms with Crippen molar-refractivity contribution in [2.45, 2.75) is 43.8 Å². The highest BCUT2D eigenvalue weighted by Gasteiger charge is 2.56. The fourth-order valence-electron chi connectivity index (χ4n) is 3.38. The maximum Gasteiger partial charge on any atom is 0.481 e. The van der Waals surface area contributed by atoms with Crippen LogP contribution in [0.4, 0.5) is 5.82 Å². The Morgan fingerprint density at radius 3 is 2.62 bits per heavy atom. The smallest absolute Gasteiger partial charge is 0.387 e. The fourth-order valence-corrected chi connectivity index (χ4v) is 4.98. The Balaban J connectivity index is 1.94. The largest absolute Gasteiger partial charge is 0.481 e. The van der Waals surface area contributed by atoms with Gasteiger partial charge in [-0.3, -0.25) is 9.09 Å². The molecule has 1 saturated heterocycles. The normalized spacial score (nSPS) is 28.1. The van der Waals surface area contributed by atoms with E-state index in [0.717, 1.165) is 5.57 Å². The van der Waals surface area contributed by atoms with Gasteiger partial charge in [0.1, 0.15) is 30.2 Å². The van der Waals surface area contributed by atoms with Crippen LogP contribution in [0.3, 0.4) is 0 Å². The van der Waals surface area contributed by atoms with E-state index >= 15 is 0 Å². The molecule has 0 aliphatic carbocycles. The number of aliphatic hydroxyl groups excluding tert-OH is 2. The van der Waals surface area contributed by atoms with Crippen LogP contribution in [0.15, 0.2) is 24.8 Å². The van der Waals surface area contributed by atoms with Crippen molar-refractivity contribution in [3.63, 3.8) is 0 Å². The first-order valence-corrected chi connectivity index (χ1v) is 12.1. The molecule has 17 heteroatoms. The van der Waals surface area contributed by atoms with Crippen molar-refractivity contribution in [1.82, 2.24) is 19.5 Å². The van der Waals surface area contributed by atoms with Crippen LogP contribution in [0, 0.1) is 0 Å². The Morgan fingerprint density at radius 2 is 2.00 bits per heavy atom. The molecule has 1 fully saturated rings. The molecule has 0 saturated carbocycles. The topological polar surface area (TPSA) is 233 Å². The quantitative estimate of drug-likeness (QED) is 0.195. The molecule has 3 rings (SSSR count). The van der Waals surface area contributed by atoms with E-state index in [1.807, 2.05) is 0 Å². The average Bonchev–Trinajstić information content (AvgIpc) is 3.19. The van der Waals surface area contributed by atoms with Crippen molar-refractivity contribution in [1.29, 1.82) is 0 Å². The average molecular weight is 495 g/mol. The second-order valence-electron chi connectivity index (χ2n) is 7.28. The van der Waals surface area contributed by atoms with Gasteiger partial charge in [-0.1, -0.05) is 5.57 Å².